The van der Waals surface area contributed by atoms with Crippen molar-refractivity contribution in [1.29, 1.82) is 0 Å². The van der Waals surface area contributed by atoms with Crippen LogP contribution in [0, 0.1) is 29.5 Å². The van der Waals surface area contributed by atoms with E-state index >= 15 is 0 Å². The van der Waals surface area contributed by atoms with Gasteiger partial charge in [-0.05, 0) is 98.6 Å². The van der Waals surface area contributed by atoms with Gasteiger partial charge >= 0.3 is 12.1 Å². The molecule has 4 saturated carbocycles. The number of halogens is 1. The third kappa shape index (κ3) is 5.75. The van der Waals surface area contributed by atoms with Crippen molar-refractivity contribution in [3.8, 4) is 5.75 Å². The molecule has 3 aromatic rings. The number of nitrogens with zero attached hydrogens (tertiary/aromatic N) is 1. The maximum atomic E-state index is 14.6. The largest absolute Gasteiger partial charge is 0.488 e. The Labute approximate surface area is 261 Å². The van der Waals surface area contributed by atoms with Gasteiger partial charge in [0.1, 0.15) is 35.4 Å². The molecule has 2 N–H and O–H groups in total. The van der Waals surface area contributed by atoms with Crippen molar-refractivity contribution in [3.05, 3.63) is 66.1 Å². The molecule has 2 amide bonds. The van der Waals surface area contributed by atoms with Gasteiger partial charge in [0.2, 0.25) is 5.91 Å². The van der Waals surface area contributed by atoms with Crippen molar-refractivity contribution in [2.45, 2.75) is 75.7 Å². The van der Waals surface area contributed by atoms with Crippen LogP contribution in [0.15, 0.2) is 54.7 Å². The molecule has 2 aromatic carbocycles. The fourth-order valence-corrected chi connectivity index (χ4v) is 8.77. The van der Waals surface area contributed by atoms with Gasteiger partial charge in [-0.2, -0.15) is 0 Å². The second-order valence-corrected chi connectivity index (χ2v) is 13.7. The van der Waals surface area contributed by atoms with Gasteiger partial charge in [0.25, 0.3) is 0 Å². The number of amides is 2. The number of aromatic amines is 1. The molecule has 10 heteroatoms. The molecule has 5 fully saturated rings. The van der Waals surface area contributed by atoms with Crippen molar-refractivity contribution < 1.29 is 33.0 Å². The number of hydrogen-bond acceptors (Lipinski definition) is 6. The first-order valence-electron chi connectivity index (χ1n) is 16.0. The van der Waals surface area contributed by atoms with Crippen molar-refractivity contribution in [2.75, 3.05) is 13.7 Å². The van der Waals surface area contributed by atoms with Crippen LogP contribution >= 0.6 is 0 Å². The van der Waals surface area contributed by atoms with Crippen LogP contribution in [0.25, 0.3) is 10.9 Å². The highest BCUT2D eigenvalue weighted by Gasteiger charge is 2.52. The monoisotopic (exact) mass is 617 g/mol. The normalized spacial score (nSPS) is 29.8. The molecule has 9 nitrogen and oxygen atoms in total. The smallest absolute Gasteiger partial charge is 0.408 e. The van der Waals surface area contributed by atoms with Gasteiger partial charge < -0.3 is 29.4 Å². The summed E-state index contributed by atoms with van der Waals surface area (Å²) in [6.07, 6.45) is 6.60. The Hall–Kier alpha value is -4.08. The topological polar surface area (TPSA) is 110 Å². The first-order valence-corrected chi connectivity index (χ1v) is 16.0. The van der Waals surface area contributed by atoms with Crippen LogP contribution in [0.3, 0.4) is 0 Å². The second-order valence-electron chi connectivity index (χ2n) is 13.7. The van der Waals surface area contributed by atoms with E-state index in [4.69, 9.17) is 14.2 Å². The van der Waals surface area contributed by atoms with E-state index < -0.39 is 41.5 Å². The van der Waals surface area contributed by atoms with Crippen LogP contribution in [0.5, 0.6) is 5.75 Å². The molecule has 2 heterocycles. The van der Waals surface area contributed by atoms with Gasteiger partial charge in [0.15, 0.2) is 0 Å². The van der Waals surface area contributed by atoms with Crippen LogP contribution in [0.1, 0.15) is 51.0 Å². The van der Waals surface area contributed by atoms with Crippen molar-refractivity contribution in [2.24, 2.45) is 23.7 Å². The summed E-state index contributed by atoms with van der Waals surface area (Å²) in [5.74, 6) is 1.24. The average Bonchev–Trinajstić information content (AvgIpc) is 3.63. The molecular weight excluding hydrogens is 577 g/mol. The molecule has 1 saturated heterocycles. The van der Waals surface area contributed by atoms with Gasteiger partial charge in [-0.3, -0.25) is 4.79 Å². The highest BCUT2D eigenvalue weighted by Crippen LogP contribution is 2.54. The number of aromatic nitrogens is 1. The molecule has 8 rings (SSSR count). The Balaban J connectivity index is 1.15. The zero-order valence-corrected chi connectivity index (χ0v) is 25.7. The van der Waals surface area contributed by atoms with Crippen LogP contribution in [0.4, 0.5) is 9.18 Å². The number of alkyl carbamates (subject to hydrolysis) is 1. The predicted molar refractivity (Wildman–Crippen MR) is 164 cm³/mol. The summed E-state index contributed by atoms with van der Waals surface area (Å²) >= 11 is 0. The number of carbonyl (C=O) groups excluding carboxylic acids is 3. The first-order chi connectivity index (χ1) is 21.7. The maximum Gasteiger partial charge on any atom is 0.408 e. The van der Waals surface area contributed by atoms with E-state index in [2.05, 4.69) is 10.3 Å². The maximum absolute atomic E-state index is 14.6. The highest BCUT2D eigenvalue weighted by atomic mass is 19.1. The van der Waals surface area contributed by atoms with Crippen LogP contribution < -0.4 is 10.1 Å². The number of methoxy groups -OCH3 is 1. The van der Waals surface area contributed by atoms with Crippen molar-refractivity contribution in [3.63, 3.8) is 0 Å². The lowest BCUT2D eigenvalue weighted by atomic mass is 9.55. The van der Waals surface area contributed by atoms with Gasteiger partial charge in [-0.15, -0.1) is 0 Å². The van der Waals surface area contributed by atoms with E-state index in [-0.39, 0.29) is 25.5 Å². The lowest BCUT2D eigenvalue weighted by Gasteiger charge is -2.53. The number of rotatable bonds is 8. The van der Waals surface area contributed by atoms with Gasteiger partial charge in [0.05, 0.1) is 13.7 Å². The molecular formula is C35H40FN3O6. The molecule has 4 bridgehead atoms. The molecule has 5 aliphatic rings. The minimum absolute atomic E-state index is 0.0890. The average molecular weight is 618 g/mol. The molecule has 0 radical (unpaired) electrons. The molecule has 1 aromatic heterocycles. The minimum Gasteiger partial charge on any atom is -0.488 e. The van der Waals surface area contributed by atoms with Crippen LogP contribution in [0.2, 0.25) is 0 Å². The zero-order valence-electron chi connectivity index (χ0n) is 25.7. The van der Waals surface area contributed by atoms with Crippen molar-refractivity contribution in [1.82, 2.24) is 15.2 Å². The lowest BCUT2D eigenvalue weighted by molar-refractivity contribution is -0.153. The number of hydrogen-bond donors (Lipinski definition) is 2. The number of para-hydroxylation sites is 1. The molecule has 4 aliphatic carbocycles. The summed E-state index contributed by atoms with van der Waals surface area (Å²) in [4.78, 5) is 46.0. The van der Waals surface area contributed by atoms with E-state index in [0.29, 0.717) is 17.6 Å². The third-order valence-electron chi connectivity index (χ3n) is 10.6. The van der Waals surface area contributed by atoms with Gasteiger partial charge in [-0.25, -0.2) is 14.0 Å². The third-order valence-corrected chi connectivity index (χ3v) is 10.6. The SMILES string of the molecule is COC(=O)[C@H]1C[C@@H](Oc2ccc(F)cc2)CN1C(=O)[C@@](C)(Cc1c[nH]c2ccccc12)NC(=O)OC1C2CC3CC(C2)CC1C3. The number of esters is 1. The number of fused-ring (bicyclic) bond motifs is 1. The summed E-state index contributed by atoms with van der Waals surface area (Å²) in [5.41, 5.74) is 0.314. The second kappa shape index (κ2) is 11.7. The summed E-state index contributed by atoms with van der Waals surface area (Å²) < 4.78 is 30.8. The summed E-state index contributed by atoms with van der Waals surface area (Å²) in [7, 11) is 1.28. The van der Waals surface area contributed by atoms with E-state index in [1.807, 2.05) is 30.5 Å². The Bertz CT molecular complexity index is 1560. The Morgan fingerprint density at radius 2 is 1.67 bits per heavy atom. The van der Waals surface area contributed by atoms with Gasteiger partial charge in [0, 0.05) is 29.9 Å². The summed E-state index contributed by atoms with van der Waals surface area (Å²) in [6.45, 7) is 1.78. The highest BCUT2D eigenvalue weighted by molar-refractivity contribution is 5.94. The van der Waals surface area contributed by atoms with Crippen LogP contribution in [-0.2, 0) is 25.5 Å². The van der Waals surface area contributed by atoms with Gasteiger partial charge in [-0.1, -0.05) is 18.2 Å². The zero-order chi connectivity index (χ0) is 31.3. The standard InChI is InChI=1S/C35H40FN3O6/c1-35(17-24-18-37-29-6-4-3-5-28(24)29,38-34(42)45-31-22-12-20-11-21(14-22)15-23(31)13-20)33(41)39-19-27(16-30(39)32(40)43-2)44-26-9-7-25(36)8-10-26/h3-10,18,20-23,27,30-31,37H,11-17,19H2,1-2H3,(H,38,42)/t20?,21?,22?,23?,27-,30-,31?,35-/m1/s1. The van der Waals surface area contributed by atoms with Crippen molar-refractivity contribution >= 4 is 28.9 Å². The Morgan fingerprint density at radius 1 is 0.978 bits per heavy atom. The molecule has 45 heavy (non-hydrogen) atoms. The molecule has 1 aliphatic heterocycles. The van der Waals surface area contributed by atoms with Crippen LogP contribution in [-0.4, -0.2) is 65.3 Å². The summed E-state index contributed by atoms with van der Waals surface area (Å²) in [5, 5.41) is 3.92. The summed E-state index contributed by atoms with van der Waals surface area (Å²) in [6, 6.07) is 12.5. The van der Waals surface area contributed by atoms with E-state index in [9.17, 15) is 18.8 Å². The quantitative estimate of drug-likeness (QED) is 0.329. The fourth-order valence-electron chi connectivity index (χ4n) is 8.77. The molecule has 0 unspecified atom stereocenters. The minimum atomic E-state index is -1.45. The Morgan fingerprint density at radius 3 is 2.36 bits per heavy atom. The number of nitrogens with one attached hydrogen (secondary N) is 2. The number of carbonyl (C=O) groups is 3. The molecule has 3 atom stereocenters. The predicted octanol–water partition coefficient (Wildman–Crippen LogP) is 5.38. The number of benzene rings is 2. The Kier molecular flexibility index (Phi) is 7.70. The molecule has 238 valence electrons. The lowest BCUT2D eigenvalue weighted by Crippen LogP contribution is -2.62. The number of H-pyrrole nitrogens is 1. The number of likely N-dealkylation sites (tertiary alicyclic amines) is 1. The fraction of sp³-hybridized carbons (Fsp3) is 0.514. The van der Waals surface area contributed by atoms with E-state index in [1.54, 1.807) is 6.92 Å². The van der Waals surface area contributed by atoms with E-state index in [1.165, 1.54) is 42.7 Å². The van der Waals surface area contributed by atoms with E-state index in [0.717, 1.165) is 54.0 Å². The number of ether oxygens (including phenoxy) is 3. The first kappa shape index (κ1) is 29.6. The molecule has 0 spiro atoms.